The maximum absolute atomic E-state index is 11.5. The third-order valence-corrected chi connectivity index (χ3v) is 2.23. The summed E-state index contributed by atoms with van der Waals surface area (Å²) in [4.78, 5) is 26.8. The molecule has 0 fully saturated rings. The first-order valence-electron chi connectivity index (χ1n) is 5.26. The van der Waals surface area contributed by atoms with Crippen molar-refractivity contribution in [2.45, 2.75) is 0 Å². The van der Waals surface area contributed by atoms with Crippen LogP contribution >= 0.6 is 0 Å². The molecule has 0 N–H and O–H groups in total. The SMILES string of the molecule is O=C(/C=C/c1ccccc1)C(=O)C1=NCCO1. The molecular weight excluding hydrogens is 218 g/mol. The largest absolute Gasteiger partial charge is 0.473 e. The van der Waals surface area contributed by atoms with Crippen molar-refractivity contribution in [3.63, 3.8) is 0 Å². The van der Waals surface area contributed by atoms with Gasteiger partial charge in [-0.3, -0.25) is 9.59 Å². The Morgan fingerprint density at radius 1 is 1.24 bits per heavy atom. The summed E-state index contributed by atoms with van der Waals surface area (Å²) in [6.07, 6.45) is 2.83. The van der Waals surface area contributed by atoms with Gasteiger partial charge in [0.15, 0.2) is 0 Å². The fourth-order valence-corrected chi connectivity index (χ4v) is 1.39. The van der Waals surface area contributed by atoms with Crippen LogP contribution in [-0.4, -0.2) is 30.6 Å². The van der Waals surface area contributed by atoms with Gasteiger partial charge in [-0.1, -0.05) is 36.4 Å². The van der Waals surface area contributed by atoms with Crippen LogP contribution in [0.5, 0.6) is 0 Å². The minimum absolute atomic E-state index is 0.0762. The van der Waals surface area contributed by atoms with Gasteiger partial charge in [-0.2, -0.15) is 0 Å². The number of benzene rings is 1. The third-order valence-electron chi connectivity index (χ3n) is 2.23. The van der Waals surface area contributed by atoms with Crippen molar-refractivity contribution in [3.05, 3.63) is 42.0 Å². The Morgan fingerprint density at radius 2 is 2.00 bits per heavy atom. The lowest BCUT2D eigenvalue weighted by Gasteiger charge is -1.96. The van der Waals surface area contributed by atoms with E-state index in [-0.39, 0.29) is 5.90 Å². The summed E-state index contributed by atoms with van der Waals surface area (Å²) >= 11 is 0. The van der Waals surface area contributed by atoms with E-state index < -0.39 is 11.6 Å². The molecule has 0 amide bonds. The van der Waals surface area contributed by atoms with Crippen molar-refractivity contribution < 1.29 is 14.3 Å². The number of allylic oxidation sites excluding steroid dienone is 1. The van der Waals surface area contributed by atoms with Gasteiger partial charge in [0.25, 0.3) is 11.7 Å². The van der Waals surface area contributed by atoms with E-state index in [4.69, 9.17) is 4.74 Å². The number of ether oxygens (including phenoxy) is 1. The zero-order valence-corrected chi connectivity index (χ0v) is 9.13. The summed E-state index contributed by atoms with van der Waals surface area (Å²) < 4.78 is 4.93. The second-order valence-corrected chi connectivity index (χ2v) is 3.47. The summed E-state index contributed by atoms with van der Waals surface area (Å²) in [5.41, 5.74) is 0.864. The van der Waals surface area contributed by atoms with E-state index in [9.17, 15) is 9.59 Å². The molecule has 2 rings (SSSR count). The number of aliphatic imine (C=N–C) groups is 1. The highest BCUT2D eigenvalue weighted by molar-refractivity contribution is 6.66. The number of carbonyl (C=O) groups excluding carboxylic acids is 2. The molecule has 0 saturated heterocycles. The van der Waals surface area contributed by atoms with Crippen molar-refractivity contribution in [1.82, 2.24) is 0 Å². The Balaban J connectivity index is 2.02. The molecule has 0 unspecified atom stereocenters. The molecule has 0 aliphatic carbocycles. The molecule has 0 aromatic heterocycles. The number of Topliss-reactive ketones (excluding diaryl/α,β-unsaturated/α-hetero) is 1. The highest BCUT2D eigenvalue weighted by atomic mass is 16.5. The van der Waals surface area contributed by atoms with E-state index in [0.717, 1.165) is 5.56 Å². The molecule has 4 nitrogen and oxygen atoms in total. The molecule has 1 aromatic carbocycles. The second-order valence-electron chi connectivity index (χ2n) is 3.47. The summed E-state index contributed by atoms with van der Waals surface area (Å²) in [6, 6.07) is 9.29. The fraction of sp³-hybridized carbons (Fsp3) is 0.154. The van der Waals surface area contributed by atoms with Crippen LogP contribution in [0.1, 0.15) is 5.56 Å². The first kappa shape index (κ1) is 11.3. The van der Waals surface area contributed by atoms with Crippen LogP contribution in [0, 0.1) is 0 Å². The van der Waals surface area contributed by atoms with Crippen LogP contribution in [0.3, 0.4) is 0 Å². The normalized spacial score (nSPS) is 14.5. The quantitative estimate of drug-likeness (QED) is 0.577. The van der Waals surface area contributed by atoms with Gasteiger partial charge in [-0.05, 0) is 11.6 Å². The lowest BCUT2D eigenvalue weighted by atomic mass is 10.1. The van der Waals surface area contributed by atoms with Gasteiger partial charge in [-0.15, -0.1) is 0 Å². The predicted molar refractivity (Wildman–Crippen MR) is 63.7 cm³/mol. The van der Waals surface area contributed by atoms with Crippen molar-refractivity contribution >= 4 is 23.5 Å². The first-order valence-corrected chi connectivity index (χ1v) is 5.26. The Bertz CT molecular complexity index is 489. The maximum Gasteiger partial charge on any atom is 0.286 e. The topological polar surface area (TPSA) is 55.7 Å². The molecule has 0 saturated carbocycles. The van der Waals surface area contributed by atoms with Crippen molar-refractivity contribution in [1.29, 1.82) is 0 Å². The average Bonchev–Trinajstić information content (AvgIpc) is 2.90. The highest BCUT2D eigenvalue weighted by Crippen LogP contribution is 2.02. The van der Waals surface area contributed by atoms with E-state index >= 15 is 0 Å². The smallest absolute Gasteiger partial charge is 0.286 e. The van der Waals surface area contributed by atoms with Gasteiger partial charge < -0.3 is 4.74 Å². The summed E-state index contributed by atoms with van der Waals surface area (Å²) in [6.45, 7) is 0.813. The van der Waals surface area contributed by atoms with Gasteiger partial charge >= 0.3 is 0 Å². The van der Waals surface area contributed by atoms with Gasteiger partial charge in [0.05, 0.1) is 6.54 Å². The number of nitrogens with zero attached hydrogens (tertiary/aromatic N) is 1. The zero-order chi connectivity index (χ0) is 12.1. The minimum Gasteiger partial charge on any atom is -0.473 e. The summed E-state index contributed by atoms with van der Waals surface area (Å²) in [5.74, 6) is -1.38. The predicted octanol–water partition coefficient (Wildman–Crippen LogP) is 1.27. The molecule has 86 valence electrons. The van der Waals surface area contributed by atoms with Crippen molar-refractivity contribution in [2.75, 3.05) is 13.2 Å². The molecular formula is C13H11NO3. The molecule has 1 heterocycles. The molecule has 0 atom stereocenters. The lowest BCUT2D eigenvalue weighted by molar-refractivity contribution is -0.130. The highest BCUT2D eigenvalue weighted by Gasteiger charge is 2.22. The number of hydrogen-bond donors (Lipinski definition) is 0. The number of ketones is 2. The molecule has 4 heteroatoms. The van der Waals surface area contributed by atoms with Crippen molar-refractivity contribution in [3.8, 4) is 0 Å². The maximum atomic E-state index is 11.5. The van der Waals surface area contributed by atoms with E-state index in [1.807, 2.05) is 30.3 Å². The van der Waals surface area contributed by atoms with Gasteiger partial charge in [0.1, 0.15) is 6.61 Å². The van der Waals surface area contributed by atoms with Crippen LogP contribution in [0.4, 0.5) is 0 Å². The molecule has 0 spiro atoms. The average molecular weight is 229 g/mol. The third kappa shape index (κ3) is 2.87. The number of hydrogen-bond acceptors (Lipinski definition) is 4. The standard InChI is InChI=1S/C13H11NO3/c15-11(12(16)13-14-8-9-17-13)7-6-10-4-2-1-3-5-10/h1-7H,8-9H2/b7-6+. The molecule has 0 bridgehead atoms. The second kappa shape index (κ2) is 5.21. The molecule has 1 aromatic rings. The summed E-state index contributed by atoms with van der Waals surface area (Å²) in [7, 11) is 0. The van der Waals surface area contributed by atoms with Gasteiger partial charge in [-0.25, -0.2) is 4.99 Å². The molecule has 17 heavy (non-hydrogen) atoms. The Kier molecular flexibility index (Phi) is 3.45. The minimum atomic E-state index is -0.685. The Labute approximate surface area is 98.6 Å². The lowest BCUT2D eigenvalue weighted by Crippen LogP contribution is -2.22. The molecule has 1 aliphatic heterocycles. The number of rotatable bonds is 4. The molecule has 1 aliphatic rings. The Morgan fingerprint density at radius 3 is 2.65 bits per heavy atom. The molecule has 0 radical (unpaired) electrons. The first-order chi connectivity index (χ1) is 8.27. The van der Waals surface area contributed by atoms with Crippen molar-refractivity contribution in [2.24, 2.45) is 4.99 Å². The van der Waals surface area contributed by atoms with E-state index in [1.54, 1.807) is 6.08 Å². The van der Waals surface area contributed by atoms with Crippen LogP contribution in [-0.2, 0) is 14.3 Å². The monoisotopic (exact) mass is 229 g/mol. The van der Waals surface area contributed by atoms with Crippen LogP contribution in [0.15, 0.2) is 41.4 Å². The van der Waals surface area contributed by atoms with Gasteiger partial charge in [0, 0.05) is 0 Å². The summed E-state index contributed by atoms with van der Waals surface area (Å²) in [5, 5.41) is 0. The fourth-order valence-electron chi connectivity index (χ4n) is 1.39. The Hall–Kier alpha value is -2.23. The van der Waals surface area contributed by atoms with E-state index in [1.165, 1.54) is 6.08 Å². The van der Waals surface area contributed by atoms with E-state index in [0.29, 0.717) is 13.2 Å². The van der Waals surface area contributed by atoms with Crippen LogP contribution < -0.4 is 0 Å². The van der Waals surface area contributed by atoms with Gasteiger partial charge in [0.2, 0.25) is 5.78 Å². The van der Waals surface area contributed by atoms with Crippen LogP contribution in [0.25, 0.3) is 6.08 Å². The number of carbonyl (C=O) groups is 2. The van der Waals surface area contributed by atoms with Crippen LogP contribution in [0.2, 0.25) is 0 Å². The van der Waals surface area contributed by atoms with E-state index in [2.05, 4.69) is 4.99 Å². The zero-order valence-electron chi connectivity index (χ0n) is 9.13.